The molecule has 4 aromatic rings. The molecule has 0 unspecified atom stereocenters. The molecule has 0 amide bonds. The molecule has 6 nitrogen and oxygen atoms in total. The fourth-order valence-electron chi connectivity index (χ4n) is 2.56. The number of H-pyrrole nitrogens is 2. The smallest absolute Gasteiger partial charge is 0.277 e. The number of fused-ring (bicyclic) bond motifs is 1. The van der Waals surface area contributed by atoms with Gasteiger partial charge in [0.05, 0.1) is 30.3 Å². The monoisotopic (exact) mass is 309 g/mol. The molecule has 0 saturated carbocycles. The van der Waals surface area contributed by atoms with Crippen molar-refractivity contribution in [2.75, 3.05) is 0 Å². The lowest BCUT2D eigenvalue weighted by molar-refractivity contribution is 0.628. The summed E-state index contributed by atoms with van der Waals surface area (Å²) in [4.78, 5) is 19.6. The Bertz CT molecular complexity index is 1030. The van der Waals surface area contributed by atoms with Crippen molar-refractivity contribution in [3.63, 3.8) is 0 Å². The van der Waals surface area contributed by atoms with Gasteiger partial charge in [-0.25, -0.2) is 9.37 Å². The minimum absolute atomic E-state index is 0.147. The van der Waals surface area contributed by atoms with Crippen LogP contribution in [0.3, 0.4) is 0 Å². The van der Waals surface area contributed by atoms with Crippen LogP contribution >= 0.6 is 0 Å². The lowest BCUT2D eigenvalue weighted by atomic mass is 10.1. The van der Waals surface area contributed by atoms with E-state index in [2.05, 4.69) is 20.2 Å². The van der Waals surface area contributed by atoms with Crippen LogP contribution < -0.4 is 5.56 Å². The van der Waals surface area contributed by atoms with E-state index in [4.69, 9.17) is 0 Å². The van der Waals surface area contributed by atoms with Gasteiger partial charge in [-0.3, -0.25) is 14.5 Å². The van der Waals surface area contributed by atoms with Crippen molar-refractivity contribution in [2.45, 2.75) is 6.54 Å². The van der Waals surface area contributed by atoms with E-state index in [9.17, 15) is 9.18 Å². The average Bonchev–Trinajstić information content (AvgIpc) is 3.20. The van der Waals surface area contributed by atoms with Gasteiger partial charge in [-0.1, -0.05) is 0 Å². The van der Waals surface area contributed by atoms with Crippen LogP contribution in [0.2, 0.25) is 0 Å². The van der Waals surface area contributed by atoms with E-state index in [1.165, 1.54) is 23.0 Å². The lowest BCUT2D eigenvalue weighted by Crippen LogP contribution is -2.21. The highest BCUT2D eigenvalue weighted by Gasteiger charge is 2.11. The van der Waals surface area contributed by atoms with Gasteiger partial charge < -0.3 is 4.98 Å². The number of nitrogens with one attached hydrogen (secondary N) is 2. The highest BCUT2D eigenvalue weighted by atomic mass is 19.1. The normalized spacial score (nSPS) is 11.2. The molecule has 7 heteroatoms. The Balaban J connectivity index is 1.74. The maximum Gasteiger partial charge on any atom is 0.277 e. The predicted octanol–water partition coefficient (Wildman–Crippen LogP) is 2.30. The molecular formula is C16H12FN5O. The number of hydrogen-bond donors (Lipinski definition) is 2. The fourth-order valence-corrected chi connectivity index (χ4v) is 2.56. The highest BCUT2D eigenvalue weighted by Crippen LogP contribution is 2.21. The van der Waals surface area contributed by atoms with E-state index >= 15 is 0 Å². The van der Waals surface area contributed by atoms with E-state index in [-0.39, 0.29) is 11.4 Å². The van der Waals surface area contributed by atoms with E-state index in [0.717, 1.165) is 16.8 Å². The van der Waals surface area contributed by atoms with Gasteiger partial charge >= 0.3 is 0 Å². The Morgan fingerprint density at radius 3 is 2.83 bits per heavy atom. The third-order valence-electron chi connectivity index (χ3n) is 3.73. The molecule has 0 atom stereocenters. The van der Waals surface area contributed by atoms with Gasteiger partial charge in [-0.2, -0.15) is 5.10 Å². The second-order valence-corrected chi connectivity index (χ2v) is 5.19. The Morgan fingerprint density at radius 1 is 1.17 bits per heavy atom. The zero-order chi connectivity index (χ0) is 15.8. The molecule has 0 aliphatic carbocycles. The second-order valence-electron chi connectivity index (χ2n) is 5.19. The maximum absolute atomic E-state index is 13.1. The average molecular weight is 309 g/mol. The SMILES string of the molecule is O=c1c2[nH]ccc2ncn1Cc1cn[nH]c1-c1ccc(F)cc1. The van der Waals surface area contributed by atoms with E-state index in [0.29, 0.717) is 17.6 Å². The Morgan fingerprint density at radius 2 is 2.00 bits per heavy atom. The van der Waals surface area contributed by atoms with Crippen LogP contribution in [0.15, 0.2) is 53.8 Å². The summed E-state index contributed by atoms with van der Waals surface area (Å²) >= 11 is 0. The molecule has 0 spiro atoms. The zero-order valence-electron chi connectivity index (χ0n) is 12.0. The van der Waals surface area contributed by atoms with Crippen LogP contribution in [0.5, 0.6) is 0 Å². The van der Waals surface area contributed by atoms with E-state index < -0.39 is 0 Å². The van der Waals surface area contributed by atoms with Crippen LogP contribution in [0.4, 0.5) is 4.39 Å². The molecule has 114 valence electrons. The first-order valence-corrected chi connectivity index (χ1v) is 7.03. The van der Waals surface area contributed by atoms with Gasteiger partial charge in [0, 0.05) is 17.3 Å². The Hall–Kier alpha value is -3.22. The van der Waals surface area contributed by atoms with Crippen molar-refractivity contribution < 1.29 is 4.39 Å². The minimum atomic E-state index is -0.299. The number of halogens is 1. The van der Waals surface area contributed by atoms with Gasteiger partial charge in [0.1, 0.15) is 11.3 Å². The molecule has 0 fully saturated rings. The van der Waals surface area contributed by atoms with Crippen LogP contribution in [0.1, 0.15) is 5.56 Å². The zero-order valence-corrected chi connectivity index (χ0v) is 12.0. The van der Waals surface area contributed by atoms with Crippen molar-refractivity contribution in [3.05, 3.63) is 70.8 Å². The number of aromatic nitrogens is 5. The molecule has 23 heavy (non-hydrogen) atoms. The molecular weight excluding hydrogens is 297 g/mol. The summed E-state index contributed by atoms with van der Waals surface area (Å²) in [5.41, 5.74) is 3.35. The van der Waals surface area contributed by atoms with Gasteiger partial charge in [0.15, 0.2) is 0 Å². The predicted molar refractivity (Wildman–Crippen MR) is 83.4 cm³/mol. The quantitative estimate of drug-likeness (QED) is 0.609. The third-order valence-corrected chi connectivity index (χ3v) is 3.73. The molecule has 0 aliphatic heterocycles. The van der Waals surface area contributed by atoms with Crippen LogP contribution in [0.25, 0.3) is 22.3 Å². The fraction of sp³-hybridized carbons (Fsp3) is 0.0625. The summed E-state index contributed by atoms with van der Waals surface area (Å²) in [5.74, 6) is -0.299. The van der Waals surface area contributed by atoms with Crippen molar-refractivity contribution in [1.29, 1.82) is 0 Å². The minimum Gasteiger partial charge on any atom is -0.355 e. The summed E-state index contributed by atoms with van der Waals surface area (Å²) < 4.78 is 14.6. The molecule has 0 bridgehead atoms. The molecule has 3 heterocycles. The Labute approximate surface area is 129 Å². The summed E-state index contributed by atoms with van der Waals surface area (Å²) in [6.45, 7) is 0.323. The van der Waals surface area contributed by atoms with Crippen molar-refractivity contribution in [1.82, 2.24) is 24.7 Å². The topological polar surface area (TPSA) is 79.4 Å². The second kappa shape index (κ2) is 5.20. The first kappa shape index (κ1) is 13.4. The van der Waals surface area contributed by atoms with Crippen LogP contribution in [-0.2, 0) is 6.54 Å². The number of rotatable bonds is 3. The summed E-state index contributed by atoms with van der Waals surface area (Å²) in [7, 11) is 0. The van der Waals surface area contributed by atoms with Gasteiger partial charge in [-0.15, -0.1) is 0 Å². The van der Waals surface area contributed by atoms with E-state index in [1.807, 2.05) is 0 Å². The molecule has 0 saturated heterocycles. The first-order valence-electron chi connectivity index (χ1n) is 7.03. The molecule has 0 radical (unpaired) electrons. The third kappa shape index (κ3) is 2.32. The highest BCUT2D eigenvalue weighted by molar-refractivity contribution is 5.73. The van der Waals surface area contributed by atoms with Gasteiger partial charge in [-0.05, 0) is 30.3 Å². The van der Waals surface area contributed by atoms with Gasteiger partial charge in [0.25, 0.3) is 5.56 Å². The van der Waals surface area contributed by atoms with Crippen LogP contribution in [0, 0.1) is 5.82 Å². The van der Waals surface area contributed by atoms with Crippen LogP contribution in [-0.4, -0.2) is 24.7 Å². The Kier molecular flexibility index (Phi) is 3.04. The standard InChI is InChI=1S/C16H12FN5O/c17-12-3-1-10(2-4-12)14-11(7-20-21-14)8-22-9-19-13-5-6-18-15(13)16(22)23/h1-7,9,18H,8H2,(H,20,21). The number of hydrogen-bond acceptors (Lipinski definition) is 3. The molecule has 4 rings (SSSR count). The summed E-state index contributed by atoms with van der Waals surface area (Å²) in [6, 6.07) is 7.86. The largest absolute Gasteiger partial charge is 0.355 e. The van der Waals surface area contributed by atoms with E-state index in [1.54, 1.807) is 30.6 Å². The van der Waals surface area contributed by atoms with Crippen molar-refractivity contribution in [3.8, 4) is 11.3 Å². The first-order chi connectivity index (χ1) is 11.2. The van der Waals surface area contributed by atoms with Crippen molar-refractivity contribution >= 4 is 11.0 Å². The number of nitrogens with zero attached hydrogens (tertiary/aromatic N) is 3. The number of aromatic amines is 2. The molecule has 1 aromatic carbocycles. The molecule has 3 aromatic heterocycles. The van der Waals surface area contributed by atoms with Crippen molar-refractivity contribution in [2.24, 2.45) is 0 Å². The maximum atomic E-state index is 13.1. The molecule has 2 N–H and O–H groups in total. The van der Waals surface area contributed by atoms with Gasteiger partial charge in [0.2, 0.25) is 0 Å². The lowest BCUT2D eigenvalue weighted by Gasteiger charge is -2.06. The summed E-state index contributed by atoms with van der Waals surface area (Å²) in [5, 5.41) is 6.93. The number of benzene rings is 1. The summed E-state index contributed by atoms with van der Waals surface area (Å²) in [6.07, 6.45) is 4.86. The molecule has 0 aliphatic rings.